The van der Waals surface area contributed by atoms with E-state index >= 15 is 0 Å². The van der Waals surface area contributed by atoms with E-state index in [4.69, 9.17) is 19.2 Å². The molecule has 11 nitrogen and oxygen atoms in total. The second-order valence-corrected chi connectivity index (χ2v) is 11.7. The van der Waals surface area contributed by atoms with Crippen molar-refractivity contribution in [2.75, 3.05) is 57.4 Å². The summed E-state index contributed by atoms with van der Waals surface area (Å²) in [6.45, 7) is 13.5. The molecular weight excluding hydrogens is 522 g/mol. The van der Waals surface area contributed by atoms with Crippen molar-refractivity contribution in [3.05, 3.63) is 42.4 Å². The van der Waals surface area contributed by atoms with Gasteiger partial charge in [-0.25, -0.2) is 14.3 Å². The van der Waals surface area contributed by atoms with Crippen LogP contribution in [-0.4, -0.2) is 89.3 Å². The number of hydrogen-bond acceptors (Lipinski definition) is 9. The fourth-order valence-corrected chi connectivity index (χ4v) is 5.57. The lowest BCUT2D eigenvalue weighted by Crippen LogP contribution is -2.62. The van der Waals surface area contributed by atoms with Gasteiger partial charge in [0.2, 0.25) is 0 Å². The number of nitriles is 1. The highest BCUT2D eigenvalue weighted by molar-refractivity contribution is 5.85. The van der Waals surface area contributed by atoms with Crippen LogP contribution in [0.4, 0.5) is 10.6 Å². The maximum absolute atomic E-state index is 12.8. The first kappa shape index (κ1) is 28.6. The SMILES string of the molecule is CCOc1cc(-c2ccc(N3CCC(CN4CCOCC4)(NC(=O)OC(C)(C)C)CC3)nc2)c2c(C#N)cnn2c1. The zero-order valence-electron chi connectivity index (χ0n) is 24.4. The molecule has 1 N–H and O–H groups in total. The third-order valence-corrected chi connectivity index (χ3v) is 7.52. The third kappa shape index (κ3) is 6.72. The van der Waals surface area contributed by atoms with Gasteiger partial charge in [-0.3, -0.25) is 4.90 Å². The maximum Gasteiger partial charge on any atom is 0.408 e. The summed E-state index contributed by atoms with van der Waals surface area (Å²) in [5.41, 5.74) is 1.99. The van der Waals surface area contributed by atoms with Crippen LogP contribution in [0, 0.1) is 11.3 Å². The van der Waals surface area contributed by atoms with Gasteiger partial charge in [0.25, 0.3) is 0 Å². The largest absolute Gasteiger partial charge is 0.492 e. The summed E-state index contributed by atoms with van der Waals surface area (Å²) >= 11 is 0. The van der Waals surface area contributed by atoms with Crippen molar-refractivity contribution >= 4 is 17.4 Å². The quantitative estimate of drug-likeness (QED) is 0.459. The van der Waals surface area contributed by atoms with E-state index in [1.54, 1.807) is 16.9 Å². The van der Waals surface area contributed by atoms with E-state index in [1.165, 1.54) is 0 Å². The first-order valence-corrected chi connectivity index (χ1v) is 14.3. The smallest absolute Gasteiger partial charge is 0.408 e. The molecule has 5 heterocycles. The van der Waals surface area contributed by atoms with E-state index in [1.807, 2.05) is 52.1 Å². The molecule has 3 aromatic rings. The summed E-state index contributed by atoms with van der Waals surface area (Å²) in [6, 6.07) is 8.20. The van der Waals surface area contributed by atoms with Crippen molar-refractivity contribution < 1.29 is 19.0 Å². The van der Waals surface area contributed by atoms with Gasteiger partial charge in [0, 0.05) is 50.0 Å². The third-order valence-electron chi connectivity index (χ3n) is 7.52. The highest BCUT2D eigenvalue weighted by atomic mass is 16.6. The van der Waals surface area contributed by atoms with Crippen LogP contribution < -0.4 is 15.0 Å². The predicted octanol–water partition coefficient (Wildman–Crippen LogP) is 3.86. The minimum absolute atomic E-state index is 0.376. The molecule has 5 rings (SSSR count). The van der Waals surface area contributed by atoms with Crippen LogP contribution in [0.3, 0.4) is 0 Å². The first-order valence-electron chi connectivity index (χ1n) is 14.3. The monoisotopic (exact) mass is 561 g/mol. The number of fused-ring (bicyclic) bond motifs is 1. The number of pyridine rings is 2. The average Bonchev–Trinajstić information content (AvgIpc) is 3.36. The predicted molar refractivity (Wildman–Crippen MR) is 155 cm³/mol. The number of morpholine rings is 1. The topological polar surface area (TPSA) is 117 Å². The van der Waals surface area contributed by atoms with Crippen molar-refractivity contribution in [1.29, 1.82) is 5.26 Å². The van der Waals surface area contributed by atoms with Gasteiger partial charge in [-0.2, -0.15) is 10.4 Å². The van der Waals surface area contributed by atoms with Crippen LogP contribution in [0.1, 0.15) is 46.1 Å². The van der Waals surface area contributed by atoms with E-state index in [-0.39, 0.29) is 6.09 Å². The fraction of sp³-hybridized carbons (Fsp3) is 0.533. The molecule has 3 aromatic heterocycles. The molecule has 41 heavy (non-hydrogen) atoms. The molecular formula is C30H39N7O4. The molecule has 11 heteroatoms. The van der Waals surface area contributed by atoms with Crippen molar-refractivity contribution in [3.8, 4) is 22.9 Å². The number of nitrogens with zero attached hydrogens (tertiary/aromatic N) is 6. The lowest BCUT2D eigenvalue weighted by molar-refractivity contribution is 0.0127. The number of amides is 1. The Kier molecular flexibility index (Phi) is 8.33. The minimum atomic E-state index is -0.560. The number of nitrogens with one attached hydrogen (secondary N) is 1. The molecule has 0 radical (unpaired) electrons. The molecule has 2 saturated heterocycles. The Balaban J connectivity index is 1.33. The standard InChI is InChI=1S/C30H39N7O4/c1-5-40-24-16-25(27-23(17-31)19-33-37(27)20-24)22-6-7-26(32-18-22)36-10-8-30(9-11-36,21-35-12-14-39-15-13-35)34-28(38)41-29(2,3)4/h6-7,16,18-20H,5,8-15,21H2,1-4H3,(H,34,38). The number of anilines is 1. The molecule has 0 bridgehead atoms. The highest BCUT2D eigenvalue weighted by Gasteiger charge is 2.39. The average molecular weight is 562 g/mol. The molecule has 1 amide bonds. The van der Waals surface area contributed by atoms with Gasteiger partial charge in [-0.1, -0.05) is 0 Å². The number of carbonyl (C=O) groups is 1. The van der Waals surface area contributed by atoms with Crippen LogP contribution in [0.2, 0.25) is 0 Å². The maximum atomic E-state index is 12.8. The second-order valence-electron chi connectivity index (χ2n) is 11.7. The molecule has 2 fully saturated rings. The fourth-order valence-electron chi connectivity index (χ4n) is 5.57. The number of rotatable bonds is 7. The van der Waals surface area contributed by atoms with Gasteiger partial charge in [0.15, 0.2) is 0 Å². The number of carbonyl (C=O) groups excluding carboxylic acids is 1. The van der Waals surface area contributed by atoms with Crippen molar-refractivity contribution in [2.45, 2.75) is 51.7 Å². The van der Waals surface area contributed by atoms with Crippen LogP contribution in [0.15, 0.2) is 36.8 Å². The summed E-state index contributed by atoms with van der Waals surface area (Å²) in [5, 5.41) is 17.2. The van der Waals surface area contributed by atoms with Crippen LogP contribution in [0.25, 0.3) is 16.6 Å². The number of hydrogen-bond donors (Lipinski definition) is 1. The van der Waals surface area contributed by atoms with Crippen LogP contribution >= 0.6 is 0 Å². The zero-order chi connectivity index (χ0) is 29.0. The minimum Gasteiger partial charge on any atom is -0.492 e. The Labute approximate surface area is 241 Å². The molecule has 218 valence electrons. The van der Waals surface area contributed by atoms with Gasteiger partial charge in [-0.05, 0) is 58.7 Å². The molecule has 2 aliphatic rings. The van der Waals surface area contributed by atoms with E-state index in [9.17, 15) is 10.1 Å². The summed E-state index contributed by atoms with van der Waals surface area (Å²) in [7, 11) is 0. The van der Waals surface area contributed by atoms with Crippen molar-refractivity contribution in [3.63, 3.8) is 0 Å². The normalized spacial score (nSPS) is 17.7. The molecule has 0 unspecified atom stereocenters. The molecule has 0 aliphatic carbocycles. The lowest BCUT2D eigenvalue weighted by Gasteiger charge is -2.45. The highest BCUT2D eigenvalue weighted by Crippen LogP contribution is 2.33. The van der Waals surface area contributed by atoms with E-state index < -0.39 is 11.1 Å². The number of ether oxygens (including phenoxy) is 3. The van der Waals surface area contributed by atoms with Gasteiger partial charge in [0.1, 0.15) is 23.2 Å². The second kappa shape index (κ2) is 11.9. The van der Waals surface area contributed by atoms with Crippen molar-refractivity contribution in [1.82, 2.24) is 24.8 Å². The van der Waals surface area contributed by atoms with Gasteiger partial charge in [-0.15, -0.1) is 0 Å². The lowest BCUT2D eigenvalue weighted by atomic mass is 9.86. The number of aromatic nitrogens is 3. The molecule has 0 atom stereocenters. The Morgan fingerprint density at radius 1 is 1.17 bits per heavy atom. The molecule has 0 spiro atoms. The van der Waals surface area contributed by atoms with Gasteiger partial charge >= 0.3 is 6.09 Å². The van der Waals surface area contributed by atoms with Gasteiger partial charge in [0.05, 0.1) is 48.8 Å². The van der Waals surface area contributed by atoms with E-state index in [0.29, 0.717) is 31.1 Å². The van der Waals surface area contributed by atoms with E-state index in [0.717, 1.165) is 68.0 Å². The Hall–Kier alpha value is -3.88. The first-order chi connectivity index (χ1) is 19.7. The molecule has 2 aliphatic heterocycles. The van der Waals surface area contributed by atoms with Crippen LogP contribution in [0.5, 0.6) is 5.75 Å². The Morgan fingerprint density at radius 2 is 1.93 bits per heavy atom. The zero-order valence-corrected chi connectivity index (χ0v) is 24.4. The van der Waals surface area contributed by atoms with Crippen LogP contribution in [-0.2, 0) is 9.47 Å². The van der Waals surface area contributed by atoms with E-state index in [2.05, 4.69) is 26.3 Å². The summed E-state index contributed by atoms with van der Waals surface area (Å²) < 4.78 is 18.6. The van der Waals surface area contributed by atoms with Gasteiger partial charge < -0.3 is 24.4 Å². The summed E-state index contributed by atoms with van der Waals surface area (Å²) in [5.74, 6) is 1.55. The Bertz CT molecular complexity index is 1390. The molecule has 0 aromatic carbocycles. The summed E-state index contributed by atoms with van der Waals surface area (Å²) in [6.07, 6.45) is 6.35. The molecule has 0 saturated carbocycles. The van der Waals surface area contributed by atoms with Crippen molar-refractivity contribution in [2.24, 2.45) is 0 Å². The Morgan fingerprint density at radius 3 is 2.56 bits per heavy atom. The summed E-state index contributed by atoms with van der Waals surface area (Å²) in [4.78, 5) is 22.3. The number of alkyl carbamates (subject to hydrolysis) is 1. The number of piperidine rings is 1.